The van der Waals surface area contributed by atoms with Gasteiger partial charge in [0.25, 0.3) is 0 Å². The molecule has 1 unspecified atom stereocenters. The topological polar surface area (TPSA) is 58.6 Å². The number of unbranched alkanes of at least 4 members (excludes halogenated alkanes) is 2. The van der Waals surface area contributed by atoms with E-state index in [1.54, 1.807) is 13.1 Å². The Morgan fingerprint density at radius 3 is 2.65 bits per heavy atom. The van der Waals surface area contributed by atoms with Crippen LogP contribution in [0.4, 0.5) is 4.39 Å². The summed E-state index contributed by atoms with van der Waals surface area (Å²) in [5.41, 5.74) is 0.811. The fourth-order valence-corrected chi connectivity index (χ4v) is 2.57. The number of terminal acetylenes is 1. The number of nitrogens with one attached hydrogen (secondary N) is 1. The van der Waals surface area contributed by atoms with Gasteiger partial charge >= 0.3 is 0 Å². The first-order valence-electron chi connectivity index (χ1n) is 8.69. The second kappa shape index (κ2) is 11.1. The van der Waals surface area contributed by atoms with E-state index in [9.17, 15) is 14.0 Å². The summed E-state index contributed by atoms with van der Waals surface area (Å²) in [6.45, 7) is 2.27. The minimum atomic E-state index is -0.642. The van der Waals surface area contributed by atoms with Crippen LogP contribution in [-0.2, 0) is 9.59 Å². The van der Waals surface area contributed by atoms with Crippen molar-refractivity contribution in [3.63, 3.8) is 0 Å². The van der Waals surface area contributed by atoms with E-state index in [1.165, 1.54) is 24.1 Å². The van der Waals surface area contributed by atoms with Crippen LogP contribution in [0.5, 0.6) is 5.75 Å². The molecule has 0 saturated heterocycles. The molecular weight excluding hydrogens is 335 g/mol. The predicted molar refractivity (Wildman–Crippen MR) is 99.2 cm³/mol. The zero-order chi connectivity index (χ0) is 19.5. The summed E-state index contributed by atoms with van der Waals surface area (Å²) in [7, 11) is 3.11. The van der Waals surface area contributed by atoms with Gasteiger partial charge in [-0.25, -0.2) is 4.39 Å². The van der Waals surface area contributed by atoms with Crippen molar-refractivity contribution in [1.82, 2.24) is 10.2 Å². The Morgan fingerprint density at radius 1 is 1.31 bits per heavy atom. The second-order valence-corrected chi connectivity index (χ2v) is 6.17. The van der Waals surface area contributed by atoms with Crippen LogP contribution in [0.3, 0.4) is 0 Å². The molecule has 26 heavy (non-hydrogen) atoms. The fraction of sp³-hybridized carbons (Fsp3) is 0.500. The molecule has 1 rings (SSSR count). The number of hydrogen-bond donors (Lipinski definition) is 1. The minimum absolute atomic E-state index is 0.115. The van der Waals surface area contributed by atoms with Crippen LogP contribution in [-0.4, -0.2) is 43.5 Å². The van der Waals surface area contributed by atoms with Crippen LogP contribution in [0.25, 0.3) is 0 Å². The SMILES string of the molecule is C#CCC(C(=O)NC)N(C)C(=O)CCCCCOc1cc(C)cc(F)c1. The lowest BCUT2D eigenvalue weighted by Gasteiger charge is -2.25. The number of hydrogen-bond acceptors (Lipinski definition) is 3. The van der Waals surface area contributed by atoms with Gasteiger partial charge in [-0.1, -0.05) is 0 Å². The van der Waals surface area contributed by atoms with Crippen LogP contribution in [0, 0.1) is 25.1 Å². The number of carbonyl (C=O) groups excluding carboxylic acids is 2. The molecule has 0 bridgehead atoms. The van der Waals surface area contributed by atoms with E-state index < -0.39 is 6.04 Å². The van der Waals surface area contributed by atoms with Crippen molar-refractivity contribution in [3.8, 4) is 18.1 Å². The summed E-state index contributed by atoms with van der Waals surface area (Å²) in [5.74, 6) is 2.25. The fourth-order valence-electron chi connectivity index (χ4n) is 2.57. The van der Waals surface area contributed by atoms with Gasteiger partial charge in [-0.15, -0.1) is 12.3 Å². The monoisotopic (exact) mass is 362 g/mol. The van der Waals surface area contributed by atoms with Gasteiger partial charge in [0, 0.05) is 33.0 Å². The lowest BCUT2D eigenvalue weighted by molar-refractivity contribution is -0.138. The minimum Gasteiger partial charge on any atom is -0.493 e. The molecule has 0 saturated carbocycles. The molecule has 0 spiro atoms. The van der Waals surface area contributed by atoms with E-state index in [0.717, 1.165) is 18.4 Å². The van der Waals surface area contributed by atoms with Crippen molar-refractivity contribution in [1.29, 1.82) is 0 Å². The second-order valence-electron chi connectivity index (χ2n) is 6.17. The number of rotatable bonds is 10. The van der Waals surface area contributed by atoms with Crippen LogP contribution in [0.1, 0.15) is 37.7 Å². The normalized spacial score (nSPS) is 11.3. The highest BCUT2D eigenvalue weighted by Gasteiger charge is 2.24. The van der Waals surface area contributed by atoms with Crippen molar-refractivity contribution in [2.45, 2.75) is 45.1 Å². The first kappa shape index (κ1) is 21.5. The third-order valence-electron chi connectivity index (χ3n) is 4.04. The predicted octanol–water partition coefficient (Wildman–Crippen LogP) is 2.67. The van der Waals surface area contributed by atoms with Gasteiger partial charge in [-0.3, -0.25) is 9.59 Å². The van der Waals surface area contributed by atoms with Crippen molar-refractivity contribution >= 4 is 11.8 Å². The molecule has 0 fully saturated rings. The van der Waals surface area contributed by atoms with Gasteiger partial charge in [0.05, 0.1) is 6.61 Å². The number of benzene rings is 1. The Hall–Kier alpha value is -2.55. The molecule has 0 aliphatic carbocycles. The van der Waals surface area contributed by atoms with Gasteiger partial charge in [0.2, 0.25) is 11.8 Å². The van der Waals surface area contributed by atoms with E-state index in [1.807, 2.05) is 6.92 Å². The number of halogens is 1. The quantitative estimate of drug-likeness (QED) is 0.514. The molecule has 6 heteroatoms. The van der Waals surface area contributed by atoms with Crippen molar-refractivity contribution in [2.75, 3.05) is 20.7 Å². The van der Waals surface area contributed by atoms with E-state index in [0.29, 0.717) is 25.2 Å². The van der Waals surface area contributed by atoms with E-state index in [4.69, 9.17) is 11.2 Å². The van der Waals surface area contributed by atoms with E-state index in [2.05, 4.69) is 11.2 Å². The van der Waals surface area contributed by atoms with Gasteiger partial charge < -0.3 is 15.0 Å². The van der Waals surface area contributed by atoms with Crippen LogP contribution in [0.15, 0.2) is 18.2 Å². The molecule has 1 atom stereocenters. The summed E-state index contributed by atoms with van der Waals surface area (Å²) >= 11 is 0. The Bertz CT molecular complexity index is 635. The Kier molecular flexibility index (Phi) is 9.21. The number of nitrogens with zero attached hydrogens (tertiary/aromatic N) is 1. The standard InChI is InChI=1S/C20H27FN2O3/c1-5-9-18(20(25)22-3)23(4)19(24)10-7-6-8-11-26-17-13-15(2)12-16(21)14-17/h1,12-14,18H,6-11H2,2-4H3,(H,22,25). The van der Waals surface area contributed by atoms with Crippen molar-refractivity contribution in [3.05, 3.63) is 29.6 Å². The highest BCUT2D eigenvalue weighted by Crippen LogP contribution is 2.16. The molecule has 0 heterocycles. The average molecular weight is 362 g/mol. The Labute approximate surface area is 154 Å². The van der Waals surface area contributed by atoms with Crippen LogP contribution < -0.4 is 10.1 Å². The van der Waals surface area contributed by atoms with Crippen molar-refractivity contribution < 1.29 is 18.7 Å². The van der Waals surface area contributed by atoms with Gasteiger partial charge in [-0.05, 0) is 43.9 Å². The number of carbonyl (C=O) groups is 2. The van der Waals surface area contributed by atoms with Gasteiger partial charge in [0.1, 0.15) is 17.6 Å². The first-order chi connectivity index (χ1) is 12.4. The maximum atomic E-state index is 13.3. The zero-order valence-corrected chi connectivity index (χ0v) is 15.7. The number of likely N-dealkylation sites (N-methyl/N-ethyl adjacent to an activating group) is 2. The zero-order valence-electron chi connectivity index (χ0n) is 15.7. The molecule has 0 radical (unpaired) electrons. The van der Waals surface area contributed by atoms with Crippen molar-refractivity contribution in [2.24, 2.45) is 0 Å². The van der Waals surface area contributed by atoms with Crippen LogP contribution >= 0.6 is 0 Å². The van der Waals surface area contributed by atoms with E-state index in [-0.39, 0.29) is 24.1 Å². The van der Waals surface area contributed by atoms with E-state index >= 15 is 0 Å². The molecule has 142 valence electrons. The third kappa shape index (κ3) is 7.14. The van der Waals surface area contributed by atoms with Gasteiger partial charge in [0.15, 0.2) is 0 Å². The number of amides is 2. The summed E-state index contributed by atoms with van der Waals surface area (Å²) in [6, 6.07) is 3.94. The lowest BCUT2D eigenvalue weighted by Crippen LogP contribution is -2.46. The lowest BCUT2D eigenvalue weighted by atomic mass is 10.1. The molecule has 0 aliphatic heterocycles. The summed E-state index contributed by atoms with van der Waals surface area (Å²) in [4.78, 5) is 25.4. The molecular formula is C20H27FN2O3. The average Bonchev–Trinajstić information content (AvgIpc) is 2.60. The molecule has 0 aromatic heterocycles. The maximum absolute atomic E-state index is 13.3. The summed E-state index contributed by atoms with van der Waals surface area (Å²) < 4.78 is 18.8. The number of ether oxygens (including phenoxy) is 1. The summed E-state index contributed by atoms with van der Waals surface area (Å²) in [6.07, 6.45) is 8.05. The first-order valence-corrected chi connectivity index (χ1v) is 8.69. The molecule has 1 N–H and O–H groups in total. The molecule has 0 aliphatic rings. The third-order valence-corrected chi connectivity index (χ3v) is 4.04. The maximum Gasteiger partial charge on any atom is 0.243 e. The Morgan fingerprint density at radius 2 is 2.04 bits per heavy atom. The van der Waals surface area contributed by atoms with Gasteiger partial charge in [-0.2, -0.15) is 0 Å². The van der Waals surface area contributed by atoms with Crippen LogP contribution in [0.2, 0.25) is 0 Å². The molecule has 2 amide bonds. The largest absolute Gasteiger partial charge is 0.493 e. The smallest absolute Gasteiger partial charge is 0.243 e. The highest BCUT2D eigenvalue weighted by atomic mass is 19.1. The molecule has 1 aromatic rings. The molecule has 1 aromatic carbocycles. The Balaban J connectivity index is 2.30. The highest BCUT2D eigenvalue weighted by molar-refractivity contribution is 5.87. The molecule has 5 nitrogen and oxygen atoms in total. The summed E-state index contributed by atoms with van der Waals surface area (Å²) in [5, 5.41) is 2.52. The number of aryl methyl sites for hydroxylation is 1.